The van der Waals surface area contributed by atoms with Crippen molar-refractivity contribution in [2.75, 3.05) is 13.1 Å². The van der Waals surface area contributed by atoms with E-state index in [9.17, 15) is 15.3 Å². The average Bonchev–Trinajstić information content (AvgIpc) is 2.61. The smallest absolute Gasteiger partial charge is 0.177 e. The summed E-state index contributed by atoms with van der Waals surface area (Å²) in [7, 11) is 0. The molecule has 0 saturated carbocycles. The van der Waals surface area contributed by atoms with Crippen molar-refractivity contribution in [3.8, 4) is 11.5 Å². The fourth-order valence-electron chi connectivity index (χ4n) is 2.96. The number of unbranched alkanes of at least 4 members (excludes halogenated alkanes) is 7. The SMILES string of the molecule is CCCCCCCCCCNCC(O)c1cc(CC)c(O)c(O)c1Cl. The standard InChI is InChI=1S/C20H34ClNO3/c1-3-5-6-7-8-9-10-11-12-22-14-17(23)16-13-15(4-2)19(24)20(25)18(16)21/h13,17,22-25H,3-12,14H2,1-2H3. The Bertz CT molecular complexity index is 508. The summed E-state index contributed by atoms with van der Waals surface area (Å²) in [5.74, 6) is -0.548. The summed E-state index contributed by atoms with van der Waals surface area (Å²) in [4.78, 5) is 0. The molecule has 0 fully saturated rings. The van der Waals surface area contributed by atoms with Crippen LogP contribution in [0.15, 0.2) is 6.07 Å². The van der Waals surface area contributed by atoms with Gasteiger partial charge < -0.3 is 20.6 Å². The molecule has 1 aromatic rings. The Morgan fingerprint density at radius 1 is 0.960 bits per heavy atom. The summed E-state index contributed by atoms with van der Waals surface area (Å²) in [6.45, 7) is 5.34. The van der Waals surface area contributed by atoms with E-state index < -0.39 is 6.10 Å². The molecule has 0 aliphatic rings. The van der Waals surface area contributed by atoms with Crippen LogP contribution in [0.5, 0.6) is 11.5 Å². The molecule has 1 atom stereocenters. The second-order valence-corrected chi connectivity index (χ2v) is 7.06. The van der Waals surface area contributed by atoms with Crippen molar-refractivity contribution in [3.63, 3.8) is 0 Å². The molecule has 4 nitrogen and oxygen atoms in total. The van der Waals surface area contributed by atoms with Crippen LogP contribution in [0.3, 0.4) is 0 Å². The number of hydrogen-bond acceptors (Lipinski definition) is 4. The second kappa shape index (κ2) is 12.4. The number of nitrogens with one attached hydrogen (secondary N) is 1. The van der Waals surface area contributed by atoms with Gasteiger partial charge in [0.2, 0.25) is 0 Å². The molecule has 4 N–H and O–H groups in total. The Hall–Kier alpha value is -0.970. The van der Waals surface area contributed by atoms with Crippen molar-refractivity contribution < 1.29 is 15.3 Å². The Kier molecular flexibility index (Phi) is 10.9. The summed E-state index contributed by atoms with van der Waals surface area (Å²) in [6, 6.07) is 1.67. The van der Waals surface area contributed by atoms with Crippen LogP contribution >= 0.6 is 11.6 Å². The van der Waals surface area contributed by atoms with Crippen LogP contribution in [0.1, 0.15) is 82.4 Å². The molecular formula is C20H34ClNO3. The van der Waals surface area contributed by atoms with E-state index in [-0.39, 0.29) is 16.5 Å². The summed E-state index contributed by atoms with van der Waals surface area (Å²) < 4.78 is 0. The number of rotatable bonds is 13. The average molecular weight is 372 g/mol. The van der Waals surface area contributed by atoms with Crippen molar-refractivity contribution in [1.82, 2.24) is 5.32 Å². The fourth-order valence-corrected chi connectivity index (χ4v) is 3.23. The fraction of sp³-hybridized carbons (Fsp3) is 0.700. The molecule has 0 heterocycles. The monoisotopic (exact) mass is 371 g/mol. The molecule has 0 aliphatic carbocycles. The molecule has 0 aliphatic heterocycles. The molecule has 0 spiro atoms. The van der Waals surface area contributed by atoms with Crippen molar-refractivity contribution in [3.05, 3.63) is 22.2 Å². The number of aliphatic hydroxyl groups excluding tert-OH is 1. The first-order valence-corrected chi connectivity index (χ1v) is 10.0. The Balaban J connectivity index is 2.29. The van der Waals surface area contributed by atoms with Crippen LogP contribution in [0, 0.1) is 0 Å². The minimum absolute atomic E-state index is 0.0241. The van der Waals surface area contributed by atoms with Gasteiger partial charge in [-0.2, -0.15) is 0 Å². The van der Waals surface area contributed by atoms with Gasteiger partial charge in [0.05, 0.1) is 11.1 Å². The van der Waals surface area contributed by atoms with Gasteiger partial charge in [0.15, 0.2) is 11.5 Å². The zero-order valence-electron chi connectivity index (χ0n) is 15.7. The predicted octanol–water partition coefficient (Wildman–Crippen LogP) is 5.08. The maximum absolute atomic E-state index is 10.3. The van der Waals surface area contributed by atoms with E-state index in [1.807, 2.05) is 6.92 Å². The van der Waals surface area contributed by atoms with Crippen LogP contribution in [0.4, 0.5) is 0 Å². The number of aromatic hydroxyl groups is 2. The van der Waals surface area contributed by atoms with E-state index in [1.165, 1.54) is 44.9 Å². The normalized spacial score (nSPS) is 12.5. The van der Waals surface area contributed by atoms with Gasteiger partial charge in [-0.05, 0) is 31.0 Å². The molecule has 25 heavy (non-hydrogen) atoms. The van der Waals surface area contributed by atoms with E-state index in [4.69, 9.17) is 11.6 Å². The first-order chi connectivity index (χ1) is 12.0. The summed E-state index contributed by atoms with van der Waals surface area (Å²) in [6.07, 6.45) is 9.94. The van der Waals surface area contributed by atoms with Crippen molar-refractivity contribution in [1.29, 1.82) is 0 Å². The van der Waals surface area contributed by atoms with Gasteiger partial charge in [-0.1, -0.05) is 70.4 Å². The molecule has 5 heteroatoms. The molecule has 1 unspecified atom stereocenters. The quantitative estimate of drug-likeness (QED) is 0.288. The predicted molar refractivity (Wildman–Crippen MR) is 105 cm³/mol. The van der Waals surface area contributed by atoms with Gasteiger partial charge in [0, 0.05) is 12.1 Å². The van der Waals surface area contributed by atoms with Crippen LogP contribution in [-0.4, -0.2) is 28.4 Å². The number of hydrogen-bond donors (Lipinski definition) is 4. The summed E-state index contributed by atoms with van der Waals surface area (Å²) in [5.41, 5.74) is 1.04. The number of halogens is 1. The highest BCUT2D eigenvalue weighted by molar-refractivity contribution is 6.33. The second-order valence-electron chi connectivity index (χ2n) is 6.68. The Morgan fingerprint density at radius 2 is 1.56 bits per heavy atom. The van der Waals surface area contributed by atoms with Crippen LogP contribution in [-0.2, 0) is 6.42 Å². The van der Waals surface area contributed by atoms with Crippen LogP contribution < -0.4 is 5.32 Å². The lowest BCUT2D eigenvalue weighted by Crippen LogP contribution is -2.22. The summed E-state index contributed by atoms with van der Waals surface area (Å²) in [5, 5.41) is 33.3. The lowest BCUT2D eigenvalue weighted by atomic mass is 10.0. The van der Waals surface area contributed by atoms with Crippen molar-refractivity contribution >= 4 is 11.6 Å². The number of aliphatic hydroxyl groups is 1. The molecule has 1 aromatic carbocycles. The van der Waals surface area contributed by atoms with E-state index in [2.05, 4.69) is 12.2 Å². The maximum Gasteiger partial charge on any atom is 0.177 e. The minimum atomic E-state index is -0.807. The molecule has 0 saturated heterocycles. The van der Waals surface area contributed by atoms with E-state index >= 15 is 0 Å². The number of benzene rings is 1. The summed E-state index contributed by atoms with van der Waals surface area (Å²) >= 11 is 6.06. The van der Waals surface area contributed by atoms with Gasteiger partial charge in [-0.15, -0.1) is 0 Å². The molecule has 0 radical (unpaired) electrons. The number of phenols is 2. The van der Waals surface area contributed by atoms with Crippen molar-refractivity contribution in [2.24, 2.45) is 0 Å². The maximum atomic E-state index is 10.3. The van der Waals surface area contributed by atoms with E-state index in [1.54, 1.807) is 6.07 Å². The Labute approximate surface area is 157 Å². The van der Waals surface area contributed by atoms with Crippen molar-refractivity contribution in [2.45, 2.75) is 77.7 Å². The van der Waals surface area contributed by atoms with Gasteiger partial charge in [0.25, 0.3) is 0 Å². The molecule has 0 aromatic heterocycles. The largest absolute Gasteiger partial charge is 0.504 e. The van der Waals surface area contributed by atoms with E-state index in [0.29, 0.717) is 24.1 Å². The lowest BCUT2D eigenvalue weighted by Gasteiger charge is -2.17. The third kappa shape index (κ3) is 7.43. The first kappa shape index (κ1) is 22.1. The van der Waals surface area contributed by atoms with Crippen LogP contribution in [0.2, 0.25) is 5.02 Å². The van der Waals surface area contributed by atoms with Gasteiger partial charge in [-0.3, -0.25) is 0 Å². The number of aryl methyl sites for hydroxylation is 1. The zero-order chi connectivity index (χ0) is 18.7. The topological polar surface area (TPSA) is 72.7 Å². The molecule has 0 bridgehead atoms. The van der Waals surface area contributed by atoms with Gasteiger partial charge in [0.1, 0.15) is 0 Å². The highest BCUT2D eigenvalue weighted by Gasteiger charge is 2.19. The molecule has 144 valence electrons. The highest BCUT2D eigenvalue weighted by Crippen LogP contribution is 2.41. The third-order valence-corrected chi connectivity index (χ3v) is 5.00. The highest BCUT2D eigenvalue weighted by atomic mass is 35.5. The minimum Gasteiger partial charge on any atom is -0.504 e. The third-order valence-electron chi connectivity index (χ3n) is 4.60. The van der Waals surface area contributed by atoms with E-state index in [0.717, 1.165) is 13.0 Å². The first-order valence-electron chi connectivity index (χ1n) is 9.64. The molecule has 0 amide bonds. The van der Waals surface area contributed by atoms with Crippen LogP contribution in [0.25, 0.3) is 0 Å². The van der Waals surface area contributed by atoms with Gasteiger partial charge >= 0.3 is 0 Å². The van der Waals surface area contributed by atoms with Gasteiger partial charge in [-0.25, -0.2) is 0 Å². The Morgan fingerprint density at radius 3 is 2.16 bits per heavy atom. The molecular weight excluding hydrogens is 338 g/mol. The zero-order valence-corrected chi connectivity index (χ0v) is 16.4. The number of phenolic OH excluding ortho intramolecular Hbond substituents is 2. The lowest BCUT2D eigenvalue weighted by molar-refractivity contribution is 0.174. The molecule has 1 rings (SSSR count).